The Kier molecular flexibility index (Phi) is 5.76. The second kappa shape index (κ2) is 7.92. The van der Waals surface area contributed by atoms with Gasteiger partial charge in [0.2, 0.25) is 5.91 Å². The van der Waals surface area contributed by atoms with Gasteiger partial charge in [0.05, 0.1) is 27.8 Å². The highest BCUT2D eigenvalue weighted by Crippen LogP contribution is 2.36. The lowest BCUT2D eigenvalue weighted by Gasteiger charge is -2.12. The van der Waals surface area contributed by atoms with Gasteiger partial charge in [-0.15, -0.1) is 0 Å². The first kappa shape index (κ1) is 20.3. The van der Waals surface area contributed by atoms with Gasteiger partial charge in [0.1, 0.15) is 0 Å². The van der Waals surface area contributed by atoms with E-state index in [9.17, 15) is 22.8 Å². The summed E-state index contributed by atoms with van der Waals surface area (Å²) < 4.78 is 40.7. The number of rotatable bonds is 4. The van der Waals surface area contributed by atoms with E-state index in [1.54, 1.807) is 18.2 Å². The molecule has 0 aliphatic carbocycles. The number of hydrogen-bond donors (Lipinski definition) is 1. The maximum Gasteiger partial charge on any atom is 0.417 e. The molecule has 3 rings (SSSR count). The molecule has 0 spiro atoms. The van der Waals surface area contributed by atoms with E-state index in [4.69, 9.17) is 11.6 Å². The molecule has 1 N–H and O–H groups in total. The summed E-state index contributed by atoms with van der Waals surface area (Å²) in [4.78, 5) is 28.7. The van der Waals surface area contributed by atoms with Gasteiger partial charge in [-0.3, -0.25) is 14.2 Å². The Bertz CT molecular complexity index is 1120. The molecule has 10 heteroatoms. The van der Waals surface area contributed by atoms with Crippen molar-refractivity contribution in [2.45, 2.75) is 19.1 Å². The molecular formula is C18H12BrClF3N3O2. The predicted molar refractivity (Wildman–Crippen MR) is 103 cm³/mol. The van der Waals surface area contributed by atoms with E-state index in [1.807, 2.05) is 0 Å². The van der Waals surface area contributed by atoms with Crippen molar-refractivity contribution in [3.05, 3.63) is 68.1 Å². The number of hydrogen-bond acceptors (Lipinski definition) is 3. The predicted octanol–water partition coefficient (Wildman–Crippen LogP) is 4.86. The molecule has 2 aromatic carbocycles. The fraction of sp³-hybridized carbons (Fsp3) is 0.167. The number of aryl methyl sites for hydroxylation is 1. The van der Waals surface area contributed by atoms with Crippen molar-refractivity contribution in [2.24, 2.45) is 0 Å². The fourth-order valence-corrected chi connectivity index (χ4v) is 3.14. The smallest absolute Gasteiger partial charge is 0.326 e. The van der Waals surface area contributed by atoms with E-state index in [1.165, 1.54) is 17.0 Å². The van der Waals surface area contributed by atoms with Crippen molar-refractivity contribution < 1.29 is 18.0 Å². The SMILES string of the molecule is O=C(CCn1cnc2ccc(Br)cc2c1=O)Nc1ccc(Cl)c(C(F)(F)F)c1. The third-order valence-corrected chi connectivity index (χ3v) is 4.74. The number of nitrogens with one attached hydrogen (secondary N) is 1. The van der Waals surface area contributed by atoms with E-state index < -0.39 is 22.7 Å². The van der Waals surface area contributed by atoms with E-state index >= 15 is 0 Å². The summed E-state index contributed by atoms with van der Waals surface area (Å²) in [5, 5.41) is 2.32. The van der Waals surface area contributed by atoms with Crippen molar-refractivity contribution in [3.63, 3.8) is 0 Å². The lowest BCUT2D eigenvalue weighted by atomic mass is 10.2. The van der Waals surface area contributed by atoms with Crippen molar-refractivity contribution in [1.82, 2.24) is 9.55 Å². The zero-order valence-electron chi connectivity index (χ0n) is 14.1. The van der Waals surface area contributed by atoms with Crippen LogP contribution in [0, 0.1) is 0 Å². The summed E-state index contributed by atoms with van der Waals surface area (Å²) in [6.45, 7) is 0.0276. The molecule has 1 heterocycles. The van der Waals surface area contributed by atoms with Gasteiger partial charge in [0.15, 0.2) is 0 Å². The second-order valence-corrected chi connectivity index (χ2v) is 7.22. The first-order valence-electron chi connectivity index (χ1n) is 7.96. The Morgan fingerprint density at radius 1 is 1.21 bits per heavy atom. The molecule has 5 nitrogen and oxygen atoms in total. The maximum absolute atomic E-state index is 12.9. The van der Waals surface area contributed by atoms with Crippen LogP contribution in [0.25, 0.3) is 10.9 Å². The number of carbonyl (C=O) groups is 1. The number of amides is 1. The topological polar surface area (TPSA) is 64.0 Å². The minimum absolute atomic E-state index is 0.0276. The van der Waals surface area contributed by atoms with Gasteiger partial charge in [-0.25, -0.2) is 4.98 Å². The van der Waals surface area contributed by atoms with Gasteiger partial charge in [-0.2, -0.15) is 13.2 Å². The normalized spacial score (nSPS) is 11.6. The number of alkyl halides is 3. The molecule has 3 aromatic rings. The first-order valence-corrected chi connectivity index (χ1v) is 9.13. The number of anilines is 1. The third kappa shape index (κ3) is 4.53. The van der Waals surface area contributed by atoms with Crippen molar-refractivity contribution in [3.8, 4) is 0 Å². The molecule has 28 heavy (non-hydrogen) atoms. The fourth-order valence-electron chi connectivity index (χ4n) is 2.56. The number of nitrogens with zero attached hydrogens (tertiary/aromatic N) is 2. The molecule has 1 amide bonds. The standard InChI is InChI=1S/C18H12BrClF3N3O2/c19-10-1-4-15-12(7-10)17(28)26(9-24-15)6-5-16(27)25-11-2-3-14(20)13(8-11)18(21,22)23/h1-4,7-9H,5-6H2,(H,25,27). The number of carbonyl (C=O) groups excluding carboxylic acids is 1. The van der Waals surface area contributed by atoms with Gasteiger partial charge in [-0.05, 0) is 36.4 Å². The largest absolute Gasteiger partial charge is 0.417 e. The summed E-state index contributed by atoms with van der Waals surface area (Å²) in [6.07, 6.45) is -3.42. The van der Waals surface area contributed by atoms with Crippen molar-refractivity contribution in [1.29, 1.82) is 0 Å². The Balaban J connectivity index is 1.72. The molecule has 0 atom stereocenters. The monoisotopic (exact) mass is 473 g/mol. The summed E-state index contributed by atoms with van der Waals surface area (Å²) >= 11 is 8.84. The molecule has 1 aromatic heterocycles. The Morgan fingerprint density at radius 3 is 2.68 bits per heavy atom. The van der Waals surface area contributed by atoms with Gasteiger partial charge in [0.25, 0.3) is 5.56 Å². The van der Waals surface area contributed by atoms with Crippen LogP contribution in [-0.2, 0) is 17.5 Å². The summed E-state index contributed by atoms with van der Waals surface area (Å²) in [6, 6.07) is 8.19. The molecule has 0 fully saturated rings. The highest BCUT2D eigenvalue weighted by molar-refractivity contribution is 9.10. The van der Waals surface area contributed by atoms with Gasteiger partial charge < -0.3 is 5.32 Å². The van der Waals surface area contributed by atoms with E-state index in [-0.39, 0.29) is 24.2 Å². The van der Waals surface area contributed by atoms with Gasteiger partial charge in [0, 0.05) is 23.1 Å². The van der Waals surface area contributed by atoms with Crippen LogP contribution in [0.5, 0.6) is 0 Å². The molecule has 146 valence electrons. The molecule has 0 saturated heterocycles. The van der Waals surface area contributed by atoms with Crippen LogP contribution in [0.1, 0.15) is 12.0 Å². The highest BCUT2D eigenvalue weighted by atomic mass is 79.9. The van der Waals surface area contributed by atoms with E-state index in [0.29, 0.717) is 10.9 Å². The Hall–Kier alpha value is -2.39. The van der Waals surface area contributed by atoms with Crippen LogP contribution in [0.15, 0.2) is 52.0 Å². The molecule has 0 saturated carbocycles. The van der Waals surface area contributed by atoms with Crippen LogP contribution < -0.4 is 10.9 Å². The lowest BCUT2D eigenvalue weighted by Crippen LogP contribution is -2.23. The van der Waals surface area contributed by atoms with Crippen molar-refractivity contribution >= 4 is 50.0 Å². The molecular weight excluding hydrogens is 463 g/mol. The second-order valence-electron chi connectivity index (χ2n) is 5.90. The number of benzene rings is 2. The van der Waals surface area contributed by atoms with E-state index in [0.717, 1.165) is 16.6 Å². The van der Waals surface area contributed by atoms with Gasteiger partial charge >= 0.3 is 6.18 Å². The molecule has 0 radical (unpaired) electrons. The lowest BCUT2D eigenvalue weighted by molar-refractivity contribution is -0.137. The summed E-state index contributed by atoms with van der Waals surface area (Å²) in [5.41, 5.74) is -0.859. The van der Waals surface area contributed by atoms with Crippen LogP contribution >= 0.6 is 27.5 Å². The quantitative estimate of drug-likeness (QED) is 0.587. The molecule has 0 unspecified atom stereocenters. The minimum atomic E-state index is -4.63. The molecule has 0 aliphatic heterocycles. The minimum Gasteiger partial charge on any atom is -0.326 e. The summed E-state index contributed by atoms with van der Waals surface area (Å²) in [5.74, 6) is -0.545. The number of aromatic nitrogens is 2. The molecule has 0 bridgehead atoms. The first-order chi connectivity index (χ1) is 13.1. The summed E-state index contributed by atoms with van der Waals surface area (Å²) in [7, 11) is 0. The maximum atomic E-state index is 12.9. The van der Waals surface area contributed by atoms with Crippen LogP contribution in [0.2, 0.25) is 5.02 Å². The van der Waals surface area contributed by atoms with Crippen LogP contribution in [-0.4, -0.2) is 15.5 Å². The molecule has 0 aliphatic rings. The Labute approximate surface area is 170 Å². The Morgan fingerprint density at radius 2 is 1.96 bits per heavy atom. The van der Waals surface area contributed by atoms with Crippen LogP contribution in [0.3, 0.4) is 0 Å². The zero-order chi connectivity index (χ0) is 20.5. The van der Waals surface area contributed by atoms with Gasteiger partial charge in [-0.1, -0.05) is 27.5 Å². The van der Waals surface area contributed by atoms with Crippen LogP contribution in [0.4, 0.5) is 18.9 Å². The third-order valence-electron chi connectivity index (χ3n) is 3.92. The number of halogens is 5. The average molecular weight is 475 g/mol. The van der Waals surface area contributed by atoms with Crippen molar-refractivity contribution in [2.75, 3.05) is 5.32 Å². The zero-order valence-corrected chi connectivity index (χ0v) is 16.4. The highest BCUT2D eigenvalue weighted by Gasteiger charge is 2.33. The van der Waals surface area contributed by atoms with E-state index in [2.05, 4.69) is 26.2 Å². The number of fused-ring (bicyclic) bond motifs is 1. The average Bonchev–Trinajstić information content (AvgIpc) is 2.62.